The van der Waals surface area contributed by atoms with E-state index in [1.807, 2.05) is 0 Å². The van der Waals surface area contributed by atoms with E-state index < -0.39 is 0 Å². The van der Waals surface area contributed by atoms with Gasteiger partial charge in [-0.2, -0.15) is 0 Å². The maximum absolute atomic E-state index is 12.0. The number of anilines is 1. The molecule has 0 radical (unpaired) electrons. The lowest BCUT2D eigenvalue weighted by Gasteiger charge is -2.36. The fourth-order valence-electron chi connectivity index (χ4n) is 3.75. The quantitative estimate of drug-likeness (QED) is 0.632. The minimum absolute atomic E-state index is 0. The minimum atomic E-state index is -0.0173. The number of carbonyl (C=O) groups excluding carboxylic acids is 1. The molecule has 2 aliphatic rings. The van der Waals surface area contributed by atoms with Crippen LogP contribution in [0, 0.1) is 6.92 Å². The molecule has 0 unspecified atom stereocenters. The molecule has 4 nitrogen and oxygen atoms in total. The molecule has 2 saturated heterocycles. The predicted molar refractivity (Wildman–Crippen MR) is 122 cm³/mol. The normalized spacial score (nSPS) is 19.6. The number of aryl methyl sites for hydroxylation is 1. The van der Waals surface area contributed by atoms with Crippen LogP contribution >= 0.6 is 36.6 Å². The van der Waals surface area contributed by atoms with Gasteiger partial charge in [-0.25, -0.2) is 0 Å². The van der Waals surface area contributed by atoms with Crippen molar-refractivity contribution in [2.45, 2.75) is 38.5 Å². The summed E-state index contributed by atoms with van der Waals surface area (Å²) in [7, 11) is 0. The number of hydrogen-bond donors (Lipinski definition) is 0. The summed E-state index contributed by atoms with van der Waals surface area (Å²) in [5.41, 5.74) is 2.68. The standard InChI is InChI=1S/C20H31N3OS.2ClH/c1-17-7-6-8-18(15-17)22-13-11-21(12-14-22)9-4-5-10-23-19(24)16-25-20(23,2)3;;/h6-8,15H,4-5,9-14,16H2,1-3H3;2*1H. The Morgan fingerprint density at radius 2 is 1.70 bits per heavy atom. The lowest BCUT2D eigenvalue weighted by molar-refractivity contribution is -0.129. The lowest BCUT2D eigenvalue weighted by Crippen LogP contribution is -2.46. The van der Waals surface area contributed by atoms with E-state index in [1.165, 1.54) is 17.7 Å². The van der Waals surface area contributed by atoms with Crippen LogP contribution in [-0.2, 0) is 4.79 Å². The molecule has 3 rings (SSSR count). The third kappa shape index (κ3) is 6.45. The molecule has 0 atom stereocenters. The molecule has 1 amide bonds. The highest BCUT2D eigenvalue weighted by Crippen LogP contribution is 2.35. The third-order valence-electron chi connectivity index (χ3n) is 5.35. The molecule has 1 aromatic rings. The van der Waals surface area contributed by atoms with Crippen LogP contribution < -0.4 is 4.90 Å². The van der Waals surface area contributed by atoms with Gasteiger partial charge >= 0.3 is 0 Å². The second-order valence-electron chi connectivity index (χ2n) is 7.66. The van der Waals surface area contributed by atoms with E-state index in [4.69, 9.17) is 0 Å². The molecule has 0 aliphatic carbocycles. The van der Waals surface area contributed by atoms with E-state index in [9.17, 15) is 4.79 Å². The number of nitrogens with zero attached hydrogens (tertiary/aromatic N) is 3. The smallest absolute Gasteiger partial charge is 0.233 e. The van der Waals surface area contributed by atoms with Gasteiger partial charge in [-0.05, 0) is 57.9 Å². The summed E-state index contributed by atoms with van der Waals surface area (Å²) in [5.74, 6) is 0.954. The van der Waals surface area contributed by atoms with Crippen molar-refractivity contribution in [1.82, 2.24) is 9.80 Å². The monoisotopic (exact) mass is 433 g/mol. The molecule has 0 bridgehead atoms. The lowest BCUT2D eigenvalue weighted by atomic mass is 10.2. The number of halogens is 2. The number of unbranched alkanes of at least 4 members (excludes halogenated alkanes) is 1. The van der Waals surface area contributed by atoms with Crippen LogP contribution in [0.5, 0.6) is 0 Å². The van der Waals surface area contributed by atoms with Crippen LogP contribution in [0.2, 0.25) is 0 Å². The van der Waals surface area contributed by atoms with Crippen LogP contribution in [0.25, 0.3) is 0 Å². The Kier molecular flexibility index (Phi) is 9.76. The number of benzene rings is 1. The van der Waals surface area contributed by atoms with Crippen LogP contribution in [0.1, 0.15) is 32.3 Å². The molecule has 7 heteroatoms. The fourth-order valence-corrected chi connectivity index (χ4v) is 4.73. The van der Waals surface area contributed by atoms with Crippen molar-refractivity contribution in [2.24, 2.45) is 0 Å². The Morgan fingerprint density at radius 1 is 1.04 bits per heavy atom. The zero-order valence-corrected chi connectivity index (χ0v) is 19.1. The fraction of sp³-hybridized carbons (Fsp3) is 0.650. The van der Waals surface area contributed by atoms with Gasteiger partial charge in [0.25, 0.3) is 0 Å². The van der Waals surface area contributed by atoms with Gasteiger partial charge < -0.3 is 9.80 Å². The highest BCUT2D eigenvalue weighted by atomic mass is 35.5. The Morgan fingerprint density at radius 3 is 2.30 bits per heavy atom. The van der Waals surface area contributed by atoms with Gasteiger partial charge in [0.05, 0.1) is 10.6 Å². The molecule has 2 aliphatic heterocycles. The zero-order valence-electron chi connectivity index (χ0n) is 16.6. The van der Waals surface area contributed by atoms with Crippen molar-refractivity contribution in [2.75, 3.05) is 49.9 Å². The van der Waals surface area contributed by atoms with Crippen LogP contribution in [0.15, 0.2) is 24.3 Å². The van der Waals surface area contributed by atoms with Crippen LogP contribution in [0.3, 0.4) is 0 Å². The zero-order chi connectivity index (χ0) is 17.9. The van der Waals surface area contributed by atoms with Gasteiger partial charge in [0.1, 0.15) is 0 Å². The Labute approximate surface area is 180 Å². The molecular formula is C20H33Cl2N3OS. The van der Waals surface area contributed by atoms with Crippen molar-refractivity contribution in [1.29, 1.82) is 0 Å². The van der Waals surface area contributed by atoms with Crippen LogP contribution in [-0.4, -0.2) is 65.6 Å². The Balaban J connectivity index is 0.00000182. The molecule has 0 aromatic heterocycles. The number of carbonyl (C=O) groups is 1. The third-order valence-corrected chi connectivity index (χ3v) is 6.66. The van der Waals surface area contributed by atoms with Crippen LogP contribution in [0.4, 0.5) is 5.69 Å². The Hall–Kier alpha value is -0.620. The summed E-state index contributed by atoms with van der Waals surface area (Å²) >= 11 is 1.76. The Bertz CT molecular complexity index is 607. The number of hydrogen-bond acceptors (Lipinski definition) is 4. The highest BCUT2D eigenvalue weighted by molar-refractivity contribution is 8.01. The first-order chi connectivity index (χ1) is 12.0. The largest absolute Gasteiger partial charge is 0.369 e. The molecule has 1 aromatic carbocycles. The average molecular weight is 434 g/mol. The van der Waals surface area contributed by atoms with Gasteiger partial charge in [-0.3, -0.25) is 9.69 Å². The summed E-state index contributed by atoms with van der Waals surface area (Å²) in [6.07, 6.45) is 2.28. The van der Waals surface area contributed by atoms with Gasteiger partial charge in [-0.15, -0.1) is 36.6 Å². The molecule has 0 N–H and O–H groups in total. The highest BCUT2D eigenvalue weighted by Gasteiger charge is 2.37. The number of piperazine rings is 1. The van der Waals surface area contributed by atoms with Gasteiger partial charge in [0.15, 0.2) is 0 Å². The van der Waals surface area contributed by atoms with Crippen molar-refractivity contribution in [3.63, 3.8) is 0 Å². The topological polar surface area (TPSA) is 26.8 Å². The van der Waals surface area contributed by atoms with Gasteiger partial charge in [0, 0.05) is 38.4 Å². The van der Waals surface area contributed by atoms with E-state index in [0.29, 0.717) is 11.7 Å². The molecule has 2 fully saturated rings. The van der Waals surface area contributed by atoms with E-state index >= 15 is 0 Å². The maximum atomic E-state index is 12.0. The van der Waals surface area contributed by atoms with E-state index in [2.05, 4.69) is 59.7 Å². The summed E-state index contributed by atoms with van der Waals surface area (Å²) in [4.78, 5) is 19.1. The van der Waals surface area contributed by atoms with E-state index in [1.54, 1.807) is 11.8 Å². The summed E-state index contributed by atoms with van der Waals surface area (Å²) in [5, 5.41) is 0. The van der Waals surface area contributed by atoms with Crippen molar-refractivity contribution in [3.05, 3.63) is 29.8 Å². The van der Waals surface area contributed by atoms with Gasteiger partial charge in [0.2, 0.25) is 5.91 Å². The molecule has 154 valence electrons. The minimum Gasteiger partial charge on any atom is -0.369 e. The molecular weight excluding hydrogens is 401 g/mol. The SMILES string of the molecule is Cc1cccc(N2CCN(CCCCN3C(=O)CSC3(C)C)CC2)c1.Cl.Cl. The summed E-state index contributed by atoms with van der Waals surface area (Å²) in [6, 6.07) is 8.80. The molecule has 27 heavy (non-hydrogen) atoms. The summed E-state index contributed by atoms with van der Waals surface area (Å²) < 4.78 is 0. The molecule has 2 heterocycles. The maximum Gasteiger partial charge on any atom is 0.233 e. The van der Waals surface area contributed by atoms with Crippen molar-refractivity contribution >= 4 is 48.2 Å². The second kappa shape index (κ2) is 10.8. The second-order valence-corrected chi connectivity index (χ2v) is 9.23. The number of rotatable bonds is 6. The number of amides is 1. The van der Waals surface area contributed by atoms with Gasteiger partial charge in [-0.1, -0.05) is 12.1 Å². The van der Waals surface area contributed by atoms with E-state index in [0.717, 1.165) is 45.7 Å². The molecule has 0 saturated carbocycles. The first-order valence-electron chi connectivity index (χ1n) is 9.44. The molecule has 0 spiro atoms. The average Bonchev–Trinajstić information content (AvgIpc) is 2.85. The predicted octanol–water partition coefficient (Wildman–Crippen LogP) is 4.05. The summed E-state index contributed by atoms with van der Waals surface area (Å²) in [6.45, 7) is 13.0. The number of thioether (sulfide) groups is 1. The first-order valence-corrected chi connectivity index (χ1v) is 10.4. The van der Waals surface area contributed by atoms with Crippen molar-refractivity contribution < 1.29 is 4.79 Å². The first kappa shape index (κ1) is 24.4. The van der Waals surface area contributed by atoms with Crippen molar-refractivity contribution in [3.8, 4) is 0 Å². The van der Waals surface area contributed by atoms with E-state index in [-0.39, 0.29) is 29.7 Å².